The number of halogens is 3. The number of hydrogen-bond acceptors (Lipinski definition) is 1. The largest absolute Gasteiger partial charge is 0.416 e. The van der Waals surface area contributed by atoms with Crippen molar-refractivity contribution in [3.05, 3.63) is 131 Å². The maximum absolute atomic E-state index is 13.1. The summed E-state index contributed by atoms with van der Waals surface area (Å²) in [5, 5.41) is 16.2. The number of aliphatic hydroxyl groups excluding tert-OH is 1. The molecule has 0 aliphatic heterocycles. The van der Waals surface area contributed by atoms with Crippen molar-refractivity contribution in [1.82, 2.24) is 0 Å². The Morgan fingerprint density at radius 1 is 0.649 bits per heavy atom. The molecule has 2 nitrogen and oxygen atoms in total. The Hall–Kier alpha value is -3.67. The third-order valence-electron chi connectivity index (χ3n) is 7.15. The lowest BCUT2D eigenvalue weighted by Crippen LogP contribution is -2.45. The second kappa shape index (κ2) is 9.66. The summed E-state index contributed by atoms with van der Waals surface area (Å²) in [7, 11) is 4.03. The predicted octanol–water partition coefficient (Wildman–Crippen LogP) is 8.06. The van der Waals surface area contributed by atoms with Crippen molar-refractivity contribution in [2.45, 2.75) is 24.9 Å². The fourth-order valence-corrected chi connectivity index (χ4v) is 5.30. The zero-order chi connectivity index (χ0) is 26.2. The maximum Gasteiger partial charge on any atom is 0.416 e. The molecule has 5 aromatic rings. The topological polar surface area (TPSA) is 20.2 Å². The van der Waals surface area contributed by atoms with E-state index in [9.17, 15) is 18.3 Å². The normalized spacial score (nSPS) is 14.1. The number of rotatable bonds is 6. The van der Waals surface area contributed by atoms with Crippen molar-refractivity contribution in [3.63, 3.8) is 0 Å². The van der Waals surface area contributed by atoms with Crippen LogP contribution in [-0.2, 0) is 12.7 Å². The molecular weight excluding hydrogens is 471 g/mol. The molecule has 0 aliphatic carbocycles. The van der Waals surface area contributed by atoms with Crippen LogP contribution in [-0.4, -0.2) is 23.7 Å². The van der Waals surface area contributed by atoms with E-state index in [4.69, 9.17) is 0 Å². The maximum atomic E-state index is 13.1. The first kappa shape index (κ1) is 25.0. The van der Waals surface area contributed by atoms with Gasteiger partial charge < -0.3 is 9.59 Å². The van der Waals surface area contributed by atoms with Crippen LogP contribution in [0, 0.1) is 0 Å². The Kier molecular flexibility index (Phi) is 6.52. The minimum Gasteiger partial charge on any atom is -0.382 e. The van der Waals surface area contributed by atoms with Gasteiger partial charge in [-0.05, 0) is 51.4 Å². The van der Waals surface area contributed by atoms with E-state index in [1.165, 1.54) is 12.1 Å². The van der Waals surface area contributed by atoms with Gasteiger partial charge in [0.25, 0.3) is 0 Å². The van der Waals surface area contributed by atoms with Crippen LogP contribution in [0.3, 0.4) is 0 Å². The smallest absolute Gasteiger partial charge is 0.382 e. The van der Waals surface area contributed by atoms with Crippen molar-refractivity contribution in [3.8, 4) is 0 Å². The van der Waals surface area contributed by atoms with Crippen molar-refractivity contribution >= 4 is 21.5 Å². The van der Waals surface area contributed by atoms with Crippen molar-refractivity contribution in [2.75, 3.05) is 14.1 Å². The summed E-state index contributed by atoms with van der Waals surface area (Å²) in [4.78, 5) is 0. The average Bonchev–Trinajstić information content (AvgIpc) is 2.87. The van der Waals surface area contributed by atoms with Gasteiger partial charge >= 0.3 is 6.18 Å². The average molecular weight is 501 g/mol. The standard InChI is InChI=1S/C32H29F3NO/c1-36(2,21-22-11-17-29(18-12-22)32(33,34)35)30(27-15-13-23-7-3-5-9-25(23)19-27)31(37)28-16-14-24-8-4-6-10-26(24)20-28/h3-20,30-31,37H,21H2,1-2H3/q+1. The van der Waals surface area contributed by atoms with E-state index in [0.29, 0.717) is 11.0 Å². The van der Waals surface area contributed by atoms with Crippen LogP contribution in [0.1, 0.15) is 34.4 Å². The number of quaternary nitrogens is 1. The summed E-state index contributed by atoms with van der Waals surface area (Å²) in [6.45, 7) is 0.445. The van der Waals surface area contributed by atoms with E-state index in [0.717, 1.165) is 50.4 Å². The van der Waals surface area contributed by atoms with Gasteiger partial charge in [0, 0.05) is 11.1 Å². The highest BCUT2D eigenvalue weighted by Crippen LogP contribution is 2.40. The zero-order valence-electron chi connectivity index (χ0n) is 20.8. The van der Waals surface area contributed by atoms with Crippen LogP contribution in [0.15, 0.2) is 109 Å². The third kappa shape index (κ3) is 5.24. The molecule has 0 amide bonds. The van der Waals surface area contributed by atoms with Gasteiger partial charge in [0.1, 0.15) is 18.7 Å². The molecule has 0 spiro atoms. The number of fused-ring (bicyclic) bond motifs is 2. The molecule has 188 valence electrons. The first-order chi connectivity index (χ1) is 17.6. The van der Waals surface area contributed by atoms with Crippen molar-refractivity contribution in [1.29, 1.82) is 0 Å². The van der Waals surface area contributed by atoms with Gasteiger partial charge in [0.2, 0.25) is 0 Å². The summed E-state index contributed by atoms with van der Waals surface area (Å²) >= 11 is 0. The van der Waals surface area contributed by atoms with Crippen LogP contribution in [0.4, 0.5) is 13.2 Å². The van der Waals surface area contributed by atoms with Crippen LogP contribution in [0.25, 0.3) is 21.5 Å². The van der Waals surface area contributed by atoms with E-state index in [2.05, 4.69) is 18.2 Å². The first-order valence-corrected chi connectivity index (χ1v) is 12.3. The van der Waals surface area contributed by atoms with Crippen LogP contribution in [0.5, 0.6) is 0 Å². The Bertz CT molecular complexity index is 1540. The molecule has 0 bridgehead atoms. The van der Waals surface area contributed by atoms with Gasteiger partial charge in [0.15, 0.2) is 0 Å². The third-order valence-corrected chi connectivity index (χ3v) is 7.15. The number of likely N-dealkylation sites (N-methyl/N-ethyl adjacent to an activating group) is 1. The summed E-state index contributed by atoms with van der Waals surface area (Å²) in [5.74, 6) is 0. The summed E-state index contributed by atoms with van der Waals surface area (Å²) in [6.07, 6.45) is -5.21. The molecule has 5 rings (SSSR count). The predicted molar refractivity (Wildman–Crippen MR) is 143 cm³/mol. The first-order valence-electron chi connectivity index (χ1n) is 12.3. The van der Waals surface area contributed by atoms with E-state index in [1.807, 2.05) is 80.8 Å². The lowest BCUT2D eigenvalue weighted by atomic mass is 9.90. The summed E-state index contributed by atoms with van der Waals surface area (Å²) < 4.78 is 39.7. The minimum absolute atomic E-state index is 0.345. The quantitative estimate of drug-likeness (QED) is 0.234. The Balaban J connectivity index is 1.57. The van der Waals surface area contributed by atoms with Gasteiger partial charge in [-0.3, -0.25) is 0 Å². The van der Waals surface area contributed by atoms with Crippen molar-refractivity contribution < 1.29 is 22.8 Å². The van der Waals surface area contributed by atoms with Gasteiger partial charge in [-0.1, -0.05) is 84.9 Å². The SMILES string of the molecule is C[N+](C)(Cc1ccc(C(F)(F)F)cc1)C(c1ccc2ccccc2c1)C(O)c1ccc2ccccc2c1. The highest BCUT2D eigenvalue weighted by atomic mass is 19.4. The Morgan fingerprint density at radius 3 is 1.68 bits per heavy atom. The molecule has 0 saturated carbocycles. The minimum atomic E-state index is -4.37. The molecule has 1 N–H and O–H groups in total. The molecule has 0 radical (unpaired) electrons. The fourth-order valence-electron chi connectivity index (χ4n) is 5.30. The van der Waals surface area contributed by atoms with E-state index in [-0.39, 0.29) is 6.04 Å². The molecule has 2 atom stereocenters. The number of aliphatic hydroxyl groups is 1. The lowest BCUT2D eigenvalue weighted by molar-refractivity contribution is -0.938. The number of hydrogen-bond donors (Lipinski definition) is 1. The number of alkyl halides is 3. The molecule has 0 saturated heterocycles. The molecule has 0 aliphatic rings. The van der Waals surface area contributed by atoms with Crippen LogP contribution < -0.4 is 0 Å². The van der Waals surface area contributed by atoms with E-state index < -0.39 is 17.8 Å². The van der Waals surface area contributed by atoms with Gasteiger partial charge in [0.05, 0.1) is 19.7 Å². The molecule has 2 unspecified atom stereocenters. The Morgan fingerprint density at radius 2 is 1.14 bits per heavy atom. The highest BCUT2D eigenvalue weighted by molar-refractivity contribution is 5.84. The summed E-state index contributed by atoms with van der Waals surface area (Å²) in [5.41, 5.74) is 1.88. The van der Waals surface area contributed by atoms with E-state index >= 15 is 0 Å². The second-order valence-corrected chi connectivity index (χ2v) is 10.2. The highest BCUT2D eigenvalue weighted by Gasteiger charge is 2.38. The summed E-state index contributed by atoms with van der Waals surface area (Å²) in [6, 6.07) is 33.3. The number of benzene rings is 5. The lowest BCUT2D eigenvalue weighted by Gasteiger charge is -2.41. The second-order valence-electron chi connectivity index (χ2n) is 10.2. The fraction of sp³-hybridized carbons (Fsp3) is 0.188. The van der Waals surface area contributed by atoms with Crippen LogP contribution in [0.2, 0.25) is 0 Å². The molecule has 0 fully saturated rings. The van der Waals surface area contributed by atoms with Gasteiger partial charge in [-0.2, -0.15) is 13.2 Å². The monoisotopic (exact) mass is 500 g/mol. The van der Waals surface area contributed by atoms with Gasteiger partial charge in [-0.15, -0.1) is 0 Å². The molecule has 0 heterocycles. The molecule has 5 heteroatoms. The Labute approximate surface area is 214 Å². The number of nitrogens with zero attached hydrogens (tertiary/aromatic N) is 1. The molecule has 0 aromatic heterocycles. The van der Waals surface area contributed by atoms with Crippen molar-refractivity contribution in [2.24, 2.45) is 0 Å². The molecule has 37 heavy (non-hydrogen) atoms. The molecular formula is C32H29F3NO+. The van der Waals surface area contributed by atoms with Crippen LogP contribution >= 0.6 is 0 Å². The van der Waals surface area contributed by atoms with E-state index in [1.54, 1.807) is 0 Å². The van der Waals surface area contributed by atoms with Gasteiger partial charge in [-0.25, -0.2) is 0 Å². The zero-order valence-corrected chi connectivity index (χ0v) is 20.8. The molecule has 5 aromatic carbocycles.